The molecule has 0 aliphatic carbocycles. The van der Waals surface area contributed by atoms with E-state index < -0.39 is 0 Å². The maximum absolute atomic E-state index is 4.02. The molecule has 0 N–H and O–H groups in total. The van der Waals surface area contributed by atoms with Gasteiger partial charge >= 0.3 is 0 Å². The zero-order chi connectivity index (χ0) is 6.81. The lowest BCUT2D eigenvalue weighted by Gasteiger charge is -1.89. The fraction of sp³-hybridized carbons (Fsp3) is 0. The van der Waals surface area contributed by atoms with Crippen LogP contribution in [0.5, 0.6) is 0 Å². The van der Waals surface area contributed by atoms with E-state index in [0.29, 0.717) is 0 Å². The first-order chi connectivity index (χ1) is 4.97. The third kappa shape index (κ3) is 0.719. The summed E-state index contributed by atoms with van der Waals surface area (Å²) in [5.41, 5.74) is 0.762. The molecule has 2 rings (SSSR count). The minimum absolute atomic E-state index is 0.762. The summed E-state index contributed by atoms with van der Waals surface area (Å²) in [6.45, 7) is 0. The summed E-state index contributed by atoms with van der Waals surface area (Å²) in [5, 5.41) is 8.21. The van der Waals surface area contributed by atoms with Crippen LogP contribution in [0.25, 0.3) is 10.9 Å². The van der Waals surface area contributed by atoms with Crippen molar-refractivity contribution in [2.75, 3.05) is 0 Å². The molecule has 0 saturated carbocycles. The summed E-state index contributed by atoms with van der Waals surface area (Å²) in [5.74, 6) is 0. The number of aromatic nitrogens is 3. The number of fused-ring (bicyclic) bond motifs is 1. The van der Waals surface area contributed by atoms with Crippen molar-refractivity contribution in [3.8, 4) is 0 Å². The van der Waals surface area contributed by atoms with Gasteiger partial charge in [-0.3, -0.25) is 4.98 Å². The van der Waals surface area contributed by atoms with Crippen LogP contribution >= 0.6 is 0 Å². The van der Waals surface area contributed by atoms with Gasteiger partial charge < -0.3 is 0 Å². The minimum atomic E-state index is 0.762. The van der Waals surface area contributed by atoms with Crippen molar-refractivity contribution in [2.45, 2.75) is 0 Å². The number of rotatable bonds is 0. The predicted octanol–water partition coefficient (Wildman–Crippen LogP) is 0.825. The number of hydrogen-bond acceptors (Lipinski definition) is 3. The van der Waals surface area contributed by atoms with E-state index in [9.17, 15) is 0 Å². The second kappa shape index (κ2) is 2.02. The van der Waals surface area contributed by atoms with Crippen molar-refractivity contribution >= 4 is 10.9 Å². The molecule has 10 heavy (non-hydrogen) atoms. The van der Waals surface area contributed by atoms with Gasteiger partial charge in [-0.05, 0) is 12.1 Å². The first-order valence-electron chi connectivity index (χ1n) is 2.91. The van der Waals surface area contributed by atoms with Crippen molar-refractivity contribution in [3.05, 3.63) is 30.7 Å². The topological polar surface area (TPSA) is 38.7 Å². The molecule has 0 bridgehead atoms. The van der Waals surface area contributed by atoms with E-state index in [2.05, 4.69) is 21.4 Å². The molecule has 47 valence electrons. The highest BCUT2D eigenvalue weighted by molar-refractivity contribution is 5.75. The van der Waals surface area contributed by atoms with Crippen molar-refractivity contribution in [3.63, 3.8) is 0 Å². The lowest BCUT2D eigenvalue weighted by atomic mass is 10.3. The van der Waals surface area contributed by atoms with Crippen molar-refractivity contribution in [1.29, 1.82) is 0 Å². The first kappa shape index (κ1) is 5.29. The van der Waals surface area contributed by atoms with Gasteiger partial charge in [-0.25, -0.2) is 0 Å². The van der Waals surface area contributed by atoms with E-state index in [4.69, 9.17) is 0 Å². The second-order valence-electron chi connectivity index (χ2n) is 1.90. The molecule has 3 heteroatoms. The molecule has 0 aromatic carbocycles. The molecule has 0 aliphatic rings. The summed E-state index contributed by atoms with van der Waals surface area (Å²) in [7, 11) is 0. The molecular weight excluding hydrogens is 126 g/mol. The Bertz CT molecular complexity index is 280. The Balaban J connectivity index is 2.89. The molecule has 2 aromatic rings. The summed E-state index contributed by atoms with van der Waals surface area (Å²) in [4.78, 5) is 4.02. The summed E-state index contributed by atoms with van der Waals surface area (Å²) in [6.07, 6.45) is 6.05. The van der Waals surface area contributed by atoms with Crippen LogP contribution in [0, 0.1) is 6.20 Å². The highest BCUT2D eigenvalue weighted by Crippen LogP contribution is 2.03. The van der Waals surface area contributed by atoms with Gasteiger partial charge in [-0.1, -0.05) is 0 Å². The largest absolute Gasteiger partial charge is 0.254 e. The van der Waals surface area contributed by atoms with Gasteiger partial charge in [0, 0.05) is 11.6 Å². The minimum Gasteiger partial charge on any atom is -0.254 e. The van der Waals surface area contributed by atoms with Gasteiger partial charge in [-0.15, -0.1) is 5.10 Å². The van der Waals surface area contributed by atoms with Crippen LogP contribution in [-0.4, -0.2) is 15.2 Å². The van der Waals surface area contributed by atoms with Gasteiger partial charge in [0.05, 0.1) is 6.20 Å². The summed E-state index contributed by atoms with van der Waals surface area (Å²) < 4.78 is 0. The van der Waals surface area contributed by atoms with Crippen molar-refractivity contribution in [2.24, 2.45) is 0 Å². The van der Waals surface area contributed by atoms with E-state index >= 15 is 0 Å². The van der Waals surface area contributed by atoms with Crippen molar-refractivity contribution < 1.29 is 0 Å². The Morgan fingerprint density at radius 1 is 1.40 bits per heavy atom. The van der Waals surface area contributed by atoms with Crippen LogP contribution in [-0.2, 0) is 0 Å². The van der Waals surface area contributed by atoms with E-state index in [1.165, 1.54) is 0 Å². The van der Waals surface area contributed by atoms with Gasteiger partial charge in [0.1, 0.15) is 11.7 Å². The average molecular weight is 130 g/mol. The molecule has 0 unspecified atom stereocenters. The van der Waals surface area contributed by atoms with Gasteiger partial charge in [0.15, 0.2) is 0 Å². The Morgan fingerprint density at radius 2 is 2.40 bits per heavy atom. The van der Waals surface area contributed by atoms with Gasteiger partial charge in [0.25, 0.3) is 0 Å². The molecule has 3 nitrogen and oxygen atoms in total. The van der Waals surface area contributed by atoms with Crippen LogP contribution in [0.3, 0.4) is 0 Å². The molecular formula is C7H4N3. The quantitative estimate of drug-likeness (QED) is 0.530. The normalized spacial score (nSPS) is 10.0. The lowest BCUT2D eigenvalue weighted by Crippen LogP contribution is -1.82. The molecule has 0 atom stereocenters. The number of hydrogen-bond donors (Lipinski definition) is 0. The SMILES string of the molecule is [c]1nncc2cccnc12. The fourth-order valence-electron chi connectivity index (χ4n) is 0.783. The fourth-order valence-corrected chi connectivity index (χ4v) is 0.783. The highest BCUT2D eigenvalue weighted by atomic mass is 15.1. The Hall–Kier alpha value is -1.51. The third-order valence-electron chi connectivity index (χ3n) is 1.25. The van der Waals surface area contributed by atoms with E-state index in [0.717, 1.165) is 10.9 Å². The molecule has 2 aromatic heterocycles. The molecule has 0 saturated heterocycles. The Morgan fingerprint density at radius 3 is 3.30 bits per heavy atom. The van der Waals surface area contributed by atoms with E-state index in [1.807, 2.05) is 12.1 Å². The van der Waals surface area contributed by atoms with Crippen LogP contribution in [0.2, 0.25) is 0 Å². The molecule has 0 spiro atoms. The zero-order valence-electron chi connectivity index (χ0n) is 5.15. The standard InChI is InChI=1S/C7H4N3/c1-2-6-4-9-10-5-7(6)8-3-1/h1-4H. The van der Waals surface area contributed by atoms with Crippen LogP contribution in [0.15, 0.2) is 24.5 Å². The van der Waals surface area contributed by atoms with Gasteiger partial charge in [-0.2, -0.15) is 5.10 Å². The van der Waals surface area contributed by atoms with Crippen molar-refractivity contribution in [1.82, 2.24) is 15.2 Å². The molecule has 0 aliphatic heterocycles. The van der Waals surface area contributed by atoms with E-state index in [-0.39, 0.29) is 0 Å². The Labute approximate surface area is 57.7 Å². The van der Waals surface area contributed by atoms with Crippen LogP contribution < -0.4 is 0 Å². The maximum Gasteiger partial charge on any atom is 0.142 e. The smallest absolute Gasteiger partial charge is 0.142 e. The number of pyridine rings is 1. The average Bonchev–Trinajstić information content (AvgIpc) is 2.05. The third-order valence-corrected chi connectivity index (χ3v) is 1.25. The predicted molar refractivity (Wildman–Crippen MR) is 36.2 cm³/mol. The molecule has 2 heterocycles. The van der Waals surface area contributed by atoms with Crippen LogP contribution in [0.1, 0.15) is 0 Å². The van der Waals surface area contributed by atoms with E-state index in [1.54, 1.807) is 12.4 Å². The number of nitrogens with zero attached hydrogens (tertiary/aromatic N) is 3. The second-order valence-corrected chi connectivity index (χ2v) is 1.90. The molecule has 0 amide bonds. The molecule has 1 radical (unpaired) electrons. The van der Waals surface area contributed by atoms with Gasteiger partial charge in [0.2, 0.25) is 0 Å². The van der Waals surface area contributed by atoms with Crippen LogP contribution in [0.4, 0.5) is 0 Å². The maximum atomic E-state index is 4.02. The lowest BCUT2D eigenvalue weighted by molar-refractivity contribution is 1.04. The Kier molecular flexibility index (Phi) is 1.07. The monoisotopic (exact) mass is 130 g/mol. The first-order valence-corrected chi connectivity index (χ1v) is 2.91. The highest BCUT2D eigenvalue weighted by Gasteiger charge is 1.89. The summed E-state index contributed by atoms with van der Waals surface area (Å²) >= 11 is 0. The molecule has 0 fully saturated rings. The summed E-state index contributed by atoms with van der Waals surface area (Å²) in [6, 6.07) is 3.78. The zero-order valence-corrected chi connectivity index (χ0v) is 5.15.